The molecule has 2 aromatic rings. The lowest BCUT2D eigenvalue weighted by Gasteiger charge is -2.10. The zero-order valence-electron chi connectivity index (χ0n) is 13.0. The van der Waals surface area contributed by atoms with Crippen LogP contribution in [0.1, 0.15) is 11.1 Å². The number of rotatable bonds is 5. The first kappa shape index (κ1) is 18.4. The van der Waals surface area contributed by atoms with Gasteiger partial charge in [0.05, 0.1) is 4.90 Å². The maximum Gasteiger partial charge on any atom is 0.319 e. The number of hydrogen-bond donors (Lipinski definition) is 3. The van der Waals surface area contributed by atoms with E-state index in [4.69, 9.17) is 5.14 Å². The number of benzene rings is 2. The van der Waals surface area contributed by atoms with Gasteiger partial charge < -0.3 is 10.6 Å². The van der Waals surface area contributed by atoms with E-state index in [1.807, 2.05) is 25.1 Å². The van der Waals surface area contributed by atoms with E-state index in [0.29, 0.717) is 13.0 Å². The maximum atomic E-state index is 11.9. The standard InChI is InChI=1S/C16H18BrN3O3S/c1-11-10-13(17)4-7-15(11)20-16(21)19-9-8-12-2-5-14(6-3-12)24(18,22)23/h2-7,10H,8-9H2,1H3,(H2,18,22,23)(H2,19,20,21). The van der Waals surface area contributed by atoms with Crippen LogP contribution in [0.15, 0.2) is 51.8 Å². The van der Waals surface area contributed by atoms with Gasteiger partial charge >= 0.3 is 6.03 Å². The highest BCUT2D eigenvalue weighted by Gasteiger charge is 2.07. The Balaban J connectivity index is 1.84. The summed E-state index contributed by atoms with van der Waals surface area (Å²) in [6, 6.07) is 11.6. The van der Waals surface area contributed by atoms with Crippen LogP contribution in [0.5, 0.6) is 0 Å². The van der Waals surface area contributed by atoms with Crippen LogP contribution in [0.3, 0.4) is 0 Å². The minimum absolute atomic E-state index is 0.0719. The van der Waals surface area contributed by atoms with E-state index in [1.54, 1.807) is 12.1 Å². The molecule has 2 rings (SSSR count). The number of sulfonamides is 1. The van der Waals surface area contributed by atoms with Crippen LogP contribution in [0.25, 0.3) is 0 Å². The molecule has 0 aliphatic carbocycles. The van der Waals surface area contributed by atoms with Crippen molar-refractivity contribution in [1.29, 1.82) is 0 Å². The summed E-state index contributed by atoms with van der Waals surface area (Å²) in [7, 11) is -3.68. The van der Waals surface area contributed by atoms with Gasteiger partial charge in [0.1, 0.15) is 0 Å². The fourth-order valence-electron chi connectivity index (χ4n) is 2.10. The molecule has 8 heteroatoms. The summed E-state index contributed by atoms with van der Waals surface area (Å²) in [5.74, 6) is 0. The molecule has 0 unspecified atom stereocenters. The van der Waals surface area contributed by atoms with Crippen molar-refractivity contribution in [1.82, 2.24) is 5.32 Å². The van der Waals surface area contributed by atoms with Gasteiger partial charge in [0, 0.05) is 16.7 Å². The topological polar surface area (TPSA) is 101 Å². The number of hydrogen-bond acceptors (Lipinski definition) is 3. The third-order valence-corrected chi connectivity index (χ3v) is 4.81. The molecule has 0 heterocycles. The lowest BCUT2D eigenvalue weighted by atomic mass is 10.1. The number of carbonyl (C=O) groups is 1. The van der Waals surface area contributed by atoms with Crippen LogP contribution in [0.4, 0.5) is 10.5 Å². The van der Waals surface area contributed by atoms with Crippen molar-refractivity contribution in [2.45, 2.75) is 18.2 Å². The summed E-state index contributed by atoms with van der Waals surface area (Å²) >= 11 is 3.37. The Morgan fingerprint density at radius 3 is 2.42 bits per heavy atom. The number of aryl methyl sites for hydroxylation is 1. The van der Waals surface area contributed by atoms with E-state index in [0.717, 1.165) is 21.3 Å². The first-order valence-corrected chi connectivity index (χ1v) is 9.52. The van der Waals surface area contributed by atoms with Crippen LogP contribution in [-0.2, 0) is 16.4 Å². The second kappa shape index (κ2) is 7.78. The second-order valence-corrected chi connectivity index (χ2v) is 7.76. The molecule has 0 fully saturated rings. The number of amides is 2. The van der Waals surface area contributed by atoms with Gasteiger partial charge in [0.2, 0.25) is 10.0 Å². The van der Waals surface area contributed by atoms with E-state index in [2.05, 4.69) is 26.6 Å². The predicted molar refractivity (Wildman–Crippen MR) is 97.4 cm³/mol. The Kier molecular flexibility index (Phi) is 5.98. The molecule has 128 valence electrons. The molecule has 0 saturated heterocycles. The van der Waals surface area contributed by atoms with Crippen molar-refractivity contribution < 1.29 is 13.2 Å². The van der Waals surface area contributed by atoms with E-state index in [1.165, 1.54) is 12.1 Å². The highest BCUT2D eigenvalue weighted by atomic mass is 79.9. The number of carbonyl (C=O) groups excluding carboxylic acids is 1. The van der Waals surface area contributed by atoms with Gasteiger partial charge in [-0.25, -0.2) is 18.4 Å². The predicted octanol–water partition coefficient (Wildman–Crippen LogP) is 2.77. The van der Waals surface area contributed by atoms with Crippen molar-refractivity contribution in [3.05, 3.63) is 58.1 Å². The van der Waals surface area contributed by atoms with Gasteiger partial charge in [-0.1, -0.05) is 28.1 Å². The Morgan fingerprint density at radius 2 is 1.83 bits per heavy atom. The molecule has 4 N–H and O–H groups in total. The molecule has 6 nitrogen and oxygen atoms in total. The number of halogens is 1. The first-order valence-electron chi connectivity index (χ1n) is 7.18. The SMILES string of the molecule is Cc1cc(Br)ccc1NC(=O)NCCc1ccc(S(N)(=O)=O)cc1. The Labute approximate surface area is 149 Å². The third-order valence-electron chi connectivity index (χ3n) is 3.39. The van der Waals surface area contributed by atoms with Gasteiger partial charge in [0.15, 0.2) is 0 Å². The van der Waals surface area contributed by atoms with Crippen molar-refractivity contribution in [3.8, 4) is 0 Å². The van der Waals surface area contributed by atoms with Gasteiger partial charge in [-0.3, -0.25) is 0 Å². The zero-order chi connectivity index (χ0) is 17.7. The molecule has 2 amide bonds. The number of nitrogens with one attached hydrogen (secondary N) is 2. The first-order chi connectivity index (χ1) is 11.3. The van der Waals surface area contributed by atoms with Crippen LogP contribution in [-0.4, -0.2) is 21.0 Å². The monoisotopic (exact) mass is 411 g/mol. The van der Waals surface area contributed by atoms with Gasteiger partial charge in [-0.2, -0.15) is 0 Å². The smallest absolute Gasteiger partial charge is 0.319 e. The average molecular weight is 412 g/mol. The highest BCUT2D eigenvalue weighted by molar-refractivity contribution is 9.10. The molecule has 2 aromatic carbocycles. The van der Waals surface area contributed by atoms with E-state index in [-0.39, 0.29) is 10.9 Å². The van der Waals surface area contributed by atoms with Gasteiger partial charge in [-0.15, -0.1) is 0 Å². The third kappa shape index (κ3) is 5.33. The lowest BCUT2D eigenvalue weighted by Crippen LogP contribution is -2.30. The van der Waals surface area contributed by atoms with Crippen LogP contribution in [0.2, 0.25) is 0 Å². The lowest BCUT2D eigenvalue weighted by molar-refractivity contribution is 0.252. The zero-order valence-corrected chi connectivity index (χ0v) is 15.4. The van der Waals surface area contributed by atoms with Crippen LogP contribution < -0.4 is 15.8 Å². The molecule has 0 bridgehead atoms. The van der Waals surface area contributed by atoms with Crippen molar-refractivity contribution in [3.63, 3.8) is 0 Å². The normalized spacial score (nSPS) is 11.1. The van der Waals surface area contributed by atoms with Gasteiger partial charge in [-0.05, 0) is 54.8 Å². The quantitative estimate of drug-likeness (QED) is 0.704. The maximum absolute atomic E-state index is 11.9. The summed E-state index contributed by atoms with van der Waals surface area (Å²) in [6.07, 6.45) is 0.581. The largest absolute Gasteiger partial charge is 0.338 e. The Morgan fingerprint density at radius 1 is 1.17 bits per heavy atom. The molecular weight excluding hydrogens is 394 g/mol. The molecule has 24 heavy (non-hydrogen) atoms. The van der Waals surface area contributed by atoms with Crippen molar-refractivity contribution in [2.24, 2.45) is 5.14 Å². The number of nitrogens with two attached hydrogens (primary N) is 1. The minimum Gasteiger partial charge on any atom is -0.338 e. The van der Waals surface area contributed by atoms with Crippen molar-refractivity contribution >= 4 is 37.7 Å². The molecular formula is C16H18BrN3O3S. The Bertz CT molecular complexity index is 836. The van der Waals surface area contributed by atoms with E-state index >= 15 is 0 Å². The molecule has 0 aliphatic heterocycles. The molecule has 0 saturated carbocycles. The highest BCUT2D eigenvalue weighted by Crippen LogP contribution is 2.19. The molecule has 0 radical (unpaired) electrons. The Hall–Kier alpha value is -1.90. The summed E-state index contributed by atoms with van der Waals surface area (Å²) < 4.78 is 23.3. The van der Waals surface area contributed by atoms with E-state index < -0.39 is 10.0 Å². The molecule has 0 aromatic heterocycles. The molecule has 0 spiro atoms. The molecule has 0 atom stereocenters. The van der Waals surface area contributed by atoms with Crippen LogP contribution >= 0.6 is 15.9 Å². The summed E-state index contributed by atoms with van der Waals surface area (Å²) in [5, 5.41) is 10.6. The van der Waals surface area contributed by atoms with E-state index in [9.17, 15) is 13.2 Å². The minimum atomic E-state index is -3.68. The fourth-order valence-corrected chi connectivity index (χ4v) is 3.09. The van der Waals surface area contributed by atoms with Crippen molar-refractivity contribution in [2.75, 3.05) is 11.9 Å². The average Bonchev–Trinajstić information content (AvgIpc) is 2.50. The molecule has 0 aliphatic rings. The summed E-state index contributed by atoms with van der Waals surface area (Å²) in [5.41, 5.74) is 2.61. The summed E-state index contributed by atoms with van der Waals surface area (Å²) in [4.78, 5) is 12.0. The summed E-state index contributed by atoms with van der Waals surface area (Å²) in [6.45, 7) is 2.34. The van der Waals surface area contributed by atoms with Gasteiger partial charge in [0.25, 0.3) is 0 Å². The number of primary sulfonamides is 1. The number of urea groups is 1. The van der Waals surface area contributed by atoms with Crippen LogP contribution in [0, 0.1) is 6.92 Å². The fraction of sp³-hybridized carbons (Fsp3) is 0.188. The second-order valence-electron chi connectivity index (χ2n) is 5.28. The number of anilines is 1.